The van der Waals surface area contributed by atoms with E-state index in [0.29, 0.717) is 17.5 Å². The molecule has 3 aliphatic rings. The van der Waals surface area contributed by atoms with Crippen molar-refractivity contribution in [1.82, 2.24) is 4.90 Å². The van der Waals surface area contributed by atoms with Crippen molar-refractivity contribution in [3.05, 3.63) is 70.6 Å². The fourth-order valence-electron chi connectivity index (χ4n) is 3.40. The summed E-state index contributed by atoms with van der Waals surface area (Å²) >= 11 is 0. The molecule has 0 saturated carbocycles. The van der Waals surface area contributed by atoms with Crippen LogP contribution in [0.15, 0.2) is 64.5 Å². The third-order valence-corrected chi connectivity index (χ3v) is 5.21. The molecule has 4 rings (SSSR count). The van der Waals surface area contributed by atoms with Gasteiger partial charge in [-0.1, -0.05) is 32.1 Å². The number of carbonyl (C=O) groups is 2. The molecule has 2 aliphatic heterocycles. The molecule has 0 radical (unpaired) electrons. The Labute approximate surface area is 140 Å². The van der Waals surface area contributed by atoms with Crippen molar-refractivity contribution in [2.24, 2.45) is 10.4 Å². The van der Waals surface area contributed by atoms with E-state index in [1.807, 2.05) is 19.1 Å². The lowest BCUT2D eigenvalue weighted by atomic mass is 9.77. The molecule has 0 unspecified atom stereocenters. The predicted molar refractivity (Wildman–Crippen MR) is 92.7 cm³/mol. The molecule has 4 heteroatoms. The van der Waals surface area contributed by atoms with Gasteiger partial charge in [0.2, 0.25) is 0 Å². The Morgan fingerprint density at radius 3 is 2.33 bits per heavy atom. The normalized spacial score (nSPS) is 23.0. The second kappa shape index (κ2) is 4.87. The van der Waals surface area contributed by atoms with Crippen LogP contribution in [0.1, 0.15) is 47.9 Å². The molecule has 0 bridgehead atoms. The first-order valence-corrected chi connectivity index (χ1v) is 8.04. The molecule has 2 amide bonds. The van der Waals surface area contributed by atoms with E-state index in [1.165, 1.54) is 10.5 Å². The zero-order valence-electron chi connectivity index (χ0n) is 14.0. The summed E-state index contributed by atoms with van der Waals surface area (Å²) in [5.74, 6) is -0.510. The number of carbonyl (C=O) groups excluding carboxylic acids is 2. The molecule has 1 aliphatic carbocycles. The van der Waals surface area contributed by atoms with Crippen LogP contribution in [0.3, 0.4) is 0 Å². The number of rotatable bonds is 1. The van der Waals surface area contributed by atoms with Gasteiger partial charge in [0.1, 0.15) is 0 Å². The molecule has 1 aromatic carbocycles. The zero-order valence-corrected chi connectivity index (χ0v) is 14.0. The van der Waals surface area contributed by atoms with Crippen LogP contribution in [0.25, 0.3) is 0 Å². The van der Waals surface area contributed by atoms with Gasteiger partial charge in [-0.05, 0) is 42.7 Å². The molecule has 0 saturated heterocycles. The quantitative estimate of drug-likeness (QED) is 0.738. The fourth-order valence-corrected chi connectivity index (χ4v) is 3.40. The molecule has 24 heavy (non-hydrogen) atoms. The highest BCUT2D eigenvalue weighted by Gasteiger charge is 2.37. The minimum Gasteiger partial charge on any atom is -0.268 e. The van der Waals surface area contributed by atoms with Crippen LogP contribution in [0, 0.1) is 5.41 Å². The summed E-state index contributed by atoms with van der Waals surface area (Å²) in [6, 6.07) is 6.95. The minimum atomic E-state index is -0.255. The summed E-state index contributed by atoms with van der Waals surface area (Å²) < 4.78 is 0. The lowest BCUT2D eigenvalue weighted by molar-refractivity contribution is 0.0720. The number of benzene rings is 1. The summed E-state index contributed by atoms with van der Waals surface area (Å²) in [6.45, 7) is 6.36. The van der Waals surface area contributed by atoms with Gasteiger partial charge >= 0.3 is 0 Å². The Kier molecular flexibility index (Phi) is 3.01. The summed E-state index contributed by atoms with van der Waals surface area (Å²) in [7, 11) is 0. The van der Waals surface area contributed by atoms with Gasteiger partial charge in [0.15, 0.2) is 0 Å². The van der Waals surface area contributed by atoms with E-state index >= 15 is 0 Å². The monoisotopic (exact) mass is 318 g/mol. The number of amides is 2. The molecule has 0 fully saturated rings. The summed E-state index contributed by atoms with van der Waals surface area (Å²) in [6.07, 6.45) is 6.30. The van der Waals surface area contributed by atoms with Crippen LogP contribution in [0.4, 0.5) is 0 Å². The average molecular weight is 318 g/mol. The van der Waals surface area contributed by atoms with Crippen molar-refractivity contribution in [2.45, 2.75) is 27.2 Å². The highest BCUT2D eigenvalue weighted by Crippen LogP contribution is 2.43. The van der Waals surface area contributed by atoms with Crippen molar-refractivity contribution >= 4 is 17.5 Å². The number of allylic oxidation sites excluding steroid dienone is 4. The Morgan fingerprint density at radius 2 is 1.71 bits per heavy atom. The molecule has 120 valence electrons. The highest BCUT2D eigenvalue weighted by atomic mass is 16.2. The lowest BCUT2D eigenvalue weighted by Crippen LogP contribution is -2.25. The second-order valence-electron chi connectivity index (χ2n) is 6.93. The summed E-state index contributed by atoms with van der Waals surface area (Å²) in [4.78, 5) is 30.8. The lowest BCUT2D eigenvalue weighted by Gasteiger charge is -2.25. The van der Waals surface area contributed by atoms with Crippen LogP contribution in [-0.4, -0.2) is 22.4 Å². The van der Waals surface area contributed by atoms with E-state index in [-0.39, 0.29) is 17.2 Å². The highest BCUT2D eigenvalue weighted by molar-refractivity contribution is 6.22. The largest absolute Gasteiger partial charge is 0.268 e. The number of fused-ring (bicyclic) bond motifs is 1. The number of hydrogen-bond acceptors (Lipinski definition) is 3. The molecule has 0 N–H and O–H groups in total. The molecule has 0 atom stereocenters. The minimum absolute atomic E-state index is 0.0822. The smallest absolute Gasteiger partial charge is 0.265 e. The molecule has 0 spiro atoms. The van der Waals surface area contributed by atoms with Gasteiger partial charge in [-0.2, -0.15) is 0 Å². The van der Waals surface area contributed by atoms with E-state index in [2.05, 4.69) is 18.8 Å². The molecule has 1 aromatic rings. The summed E-state index contributed by atoms with van der Waals surface area (Å²) in [5, 5.41) is 0. The Balaban J connectivity index is 1.65. The van der Waals surface area contributed by atoms with E-state index in [4.69, 9.17) is 0 Å². The van der Waals surface area contributed by atoms with Gasteiger partial charge in [-0.25, -0.2) is 4.90 Å². The number of imide groups is 1. The Bertz CT molecular complexity index is 878. The maximum absolute atomic E-state index is 12.5. The first-order chi connectivity index (χ1) is 11.4. The van der Waals surface area contributed by atoms with Gasteiger partial charge in [-0.15, -0.1) is 0 Å². The topological polar surface area (TPSA) is 49.7 Å². The van der Waals surface area contributed by atoms with Crippen molar-refractivity contribution in [3.8, 4) is 0 Å². The summed E-state index contributed by atoms with van der Waals surface area (Å²) in [5.41, 5.74) is 5.16. The van der Waals surface area contributed by atoms with Gasteiger partial charge in [0.05, 0.1) is 16.8 Å². The van der Waals surface area contributed by atoms with Crippen LogP contribution < -0.4 is 0 Å². The van der Waals surface area contributed by atoms with Crippen LogP contribution in [-0.2, 0) is 0 Å². The first kappa shape index (κ1) is 14.8. The maximum atomic E-state index is 12.5. The van der Waals surface area contributed by atoms with Gasteiger partial charge in [-0.3, -0.25) is 14.6 Å². The van der Waals surface area contributed by atoms with E-state index in [9.17, 15) is 9.59 Å². The molecule has 2 heterocycles. The second-order valence-corrected chi connectivity index (χ2v) is 6.93. The van der Waals surface area contributed by atoms with Crippen molar-refractivity contribution < 1.29 is 9.59 Å². The fraction of sp³-hybridized carbons (Fsp3) is 0.250. The maximum Gasteiger partial charge on any atom is 0.265 e. The third kappa shape index (κ3) is 1.96. The van der Waals surface area contributed by atoms with Gasteiger partial charge in [0.25, 0.3) is 11.8 Å². The van der Waals surface area contributed by atoms with Gasteiger partial charge < -0.3 is 0 Å². The Morgan fingerprint density at radius 1 is 1.08 bits per heavy atom. The molecular weight excluding hydrogens is 300 g/mol. The van der Waals surface area contributed by atoms with Crippen molar-refractivity contribution in [2.75, 3.05) is 0 Å². The SMILES string of the molecule is CC1=NC2=C(CC(=CN3C(=O)c4ccccc4C3=O)C=C2)C1(C)C. The van der Waals surface area contributed by atoms with Crippen LogP contribution in [0.5, 0.6) is 0 Å². The van der Waals surface area contributed by atoms with Crippen molar-refractivity contribution in [1.29, 1.82) is 0 Å². The Hall–Kier alpha value is -2.75. The number of hydrogen-bond donors (Lipinski definition) is 0. The van der Waals surface area contributed by atoms with E-state index in [0.717, 1.165) is 17.0 Å². The number of aliphatic imine (C=N–C) groups is 1. The standard InChI is InChI=1S/C20H18N2O2/c1-12-20(2,3)16-10-13(8-9-17(16)21-12)11-22-18(23)14-6-4-5-7-15(14)19(22)24/h4-9,11H,10H2,1-3H3. The van der Waals surface area contributed by atoms with E-state index < -0.39 is 0 Å². The van der Waals surface area contributed by atoms with Crippen molar-refractivity contribution in [3.63, 3.8) is 0 Å². The van der Waals surface area contributed by atoms with Crippen LogP contribution >= 0.6 is 0 Å². The predicted octanol–water partition coefficient (Wildman–Crippen LogP) is 3.88. The zero-order chi connectivity index (χ0) is 17.1. The van der Waals surface area contributed by atoms with Crippen LogP contribution in [0.2, 0.25) is 0 Å². The van der Waals surface area contributed by atoms with E-state index in [1.54, 1.807) is 30.5 Å². The third-order valence-electron chi connectivity index (χ3n) is 5.21. The van der Waals surface area contributed by atoms with Gasteiger partial charge in [0, 0.05) is 17.3 Å². The first-order valence-electron chi connectivity index (χ1n) is 8.04. The molecule has 4 nitrogen and oxygen atoms in total. The molecule has 0 aromatic heterocycles. The average Bonchev–Trinajstić information content (AvgIpc) is 2.94. The molecular formula is C20H18N2O2. The number of nitrogens with zero attached hydrogens (tertiary/aromatic N) is 2.